The first-order chi connectivity index (χ1) is 19.8. The number of fused-ring (bicyclic) bond motifs is 3. The van der Waals surface area contributed by atoms with Crippen molar-refractivity contribution in [2.75, 3.05) is 5.73 Å². The van der Waals surface area contributed by atoms with Gasteiger partial charge in [0.15, 0.2) is 11.4 Å². The standard InChI is InChI=1S/C28H27N3O9.C2H6.CH4/c1-11-2-4-15(5-3-11)40-27(38)31-10-13-8-17(29)16-7-12-6-14-9-18(32)21(26(30)37)25(36)28(14,39)24(35)19(12)23(34)20(16)22(13)33;1-2;/h2-5,8,12,14,33-34,36,39H,6-7,9-10,29H2,1H3,(H2,30,37)(H,31,38);1-2H3;1H4/t12?,14-,28-;;/m0../s1. The number of aliphatic hydroxyl groups excluding tert-OH is 2. The fraction of sp³-hybridized carbons (Fsp3) is 0.355. The van der Waals surface area contributed by atoms with Gasteiger partial charge < -0.3 is 41.9 Å². The molecule has 2 aromatic carbocycles. The summed E-state index contributed by atoms with van der Waals surface area (Å²) in [5.41, 5.74) is 9.11. The maximum absolute atomic E-state index is 13.6. The van der Waals surface area contributed by atoms with Crippen LogP contribution in [-0.2, 0) is 27.3 Å². The molecule has 0 spiro atoms. The average molecular weight is 596 g/mol. The number of hydrogen-bond acceptors (Lipinski definition) is 10. The Hall–Kier alpha value is -4.84. The van der Waals surface area contributed by atoms with Crippen LogP contribution >= 0.6 is 0 Å². The number of carbonyl (C=O) groups is 4. The SMILES string of the molecule is C.CC.Cc1ccc(OC(=O)NCc2cc(N)c3c(c2O)C(O)=C2C(=O)[C@]4(O)C(O)=C(C(N)=O)C(=O)C[C@@H]4CC2C3)cc1. The maximum atomic E-state index is 13.6. The molecule has 0 aromatic heterocycles. The van der Waals surface area contributed by atoms with E-state index >= 15 is 0 Å². The second-order valence-electron chi connectivity index (χ2n) is 10.3. The van der Waals surface area contributed by atoms with Gasteiger partial charge in [0.1, 0.15) is 28.6 Å². The van der Waals surface area contributed by atoms with Crippen LogP contribution in [0.25, 0.3) is 5.76 Å². The van der Waals surface area contributed by atoms with Crippen LogP contribution in [-0.4, -0.2) is 49.6 Å². The quantitative estimate of drug-likeness (QED) is 0.155. The number of anilines is 1. The summed E-state index contributed by atoms with van der Waals surface area (Å²) < 4.78 is 5.21. The van der Waals surface area contributed by atoms with Gasteiger partial charge in [-0.25, -0.2) is 4.79 Å². The number of nitrogen functional groups attached to an aromatic ring is 1. The molecular formula is C31H37N3O9. The molecule has 3 aliphatic rings. The van der Waals surface area contributed by atoms with Crippen molar-refractivity contribution in [3.8, 4) is 11.5 Å². The Morgan fingerprint density at radius 2 is 1.72 bits per heavy atom. The molecule has 2 amide bonds. The van der Waals surface area contributed by atoms with Gasteiger partial charge in [-0.05, 0) is 49.4 Å². The zero-order valence-electron chi connectivity index (χ0n) is 23.4. The largest absolute Gasteiger partial charge is 0.508 e. The highest BCUT2D eigenvalue weighted by atomic mass is 16.6. The number of hydrogen-bond donors (Lipinski definition) is 7. The third-order valence-corrected chi connectivity index (χ3v) is 7.83. The second kappa shape index (κ2) is 12.2. The normalized spacial score (nSPS) is 22.2. The Balaban J connectivity index is 0.00000165. The molecule has 5 rings (SSSR count). The third-order valence-electron chi connectivity index (χ3n) is 7.83. The number of aromatic hydroxyl groups is 1. The maximum Gasteiger partial charge on any atom is 0.412 e. The molecule has 3 aliphatic carbocycles. The Morgan fingerprint density at radius 3 is 2.33 bits per heavy atom. The van der Waals surface area contributed by atoms with E-state index in [1.807, 2.05) is 20.8 Å². The minimum absolute atomic E-state index is 0. The molecule has 1 unspecified atom stereocenters. The first-order valence-corrected chi connectivity index (χ1v) is 13.5. The van der Waals surface area contributed by atoms with Crippen molar-refractivity contribution in [2.45, 2.75) is 59.6 Å². The summed E-state index contributed by atoms with van der Waals surface area (Å²) in [5.74, 6) is -6.93. The van der Waals surface area contributed by atoms with Gasteiger partial charge in [-0.1, -0.05) is 39.0 Å². The highest BCUT2D eigenvalue weighted by molar-refractivity contribution is 6.22. The zero-order valence-corrected chi connectivity index (χ0v) is 23.4. The van der Waals surface area contributed by atoms with Crippen molar-refractivity contribution < 1.29 is 44.3 Å². The summed E-state index contributed by atoms with van der Waals surface area (Å²) in [6.07, 6.45) is -1.14. The first-order valence-electron chi connectivity index (χ1n) is 13.5. The minimum Gasteiger partial charge on any atom is -0.508 e. The van der Waals surface area contributed by atoms with Crippen LogP contribution in [0, 0.1) is 18.8 Å². The summed E-state index contributed by atoms with van der Waals surface area (Å²) in [6.45, 7) is 5.64. The van der Waals surface area contributed by atoms with Gasteiger partial charge in [0, 0.05) is 35.7 Å². The summed E-state index contributed by atoms with van der Waals surface area (Å²) in [6, 6.07) is 8.19. The zero-order chi connectivity index (χ0) is 31.1. The number of nitrogens with one attached hydrogen (secondary N) is 1. The number of aliphatic hydroxyl groups is 3. The summed E-state index contributed by atoms with van der Waals surface area (Å²) in [5, 5.41) is 46.8. The van der Waals surface area contributed by atoms with Gasteiger partial charge in [0.05, 0.1) is 5.56 Å². The monoisotopic (exact) mass is 595 g/mol. The predicted octanol–water partition coefficient (Wildman–Crippen LogP) is 3.27. The number of rotatable bonds is 4. The number of nitrogens with two attached hydrogens (primary N) is 2. The molecule has 0 bridgehead atoms. The van der Waals surface area contributed by atoms with Crippen LogP contribution in [0.3, 0.4) is 0 Å². The Kier molecular flexibility index (Phi) is 9.25. The van der Waals surface area contributed by atoms with Crippen molar-refractivity contribution in [2.24, 2.45) is 17.6 Å². The van der Waals surface area contributed by atoms with E-state index in [1.165, 1.54) is 6.07 Å². The van der Waals surface area contributed by atoms with Crippen LogP contribution in [0.4, 0.5) is 10.5 Å². The van der Waals surface area contributed by atoms with E-state index in [-0.39, 0.29) is 49.2 Å². The van der Waals surface area contributed by atoms with Gasteiger partial charge >= 0.3 is 6.09 Å². The number of ketones is 2. The number of Topliss-reactive ketones (excluding diaryl/α,β-unsaturated/α-hetero) is 2. The highest BCUT2D eigenvalue weighted by Crippen LogP contribution is 2.53. The van der Waals surface area contributed by atoms with Crippen molar-refractivity contribution in [1.82, 2.24) is 5.32 Å². The van der Waals surface area contributed by atoms with Crippen LogP contribution < -0.4 is 21.5 Å². The fourth-order valence-corrected chi connectivity index (χ4v) is 5.83. The van der Waals surface area contributed by atoms with E-state index < -0.39 is 70.3 Å². The molecule has 0 heterocycles. The number of phenols is 1. The topological polar surface area (TPSA) is 222 Å². The molecule has 12 nitrogen and oxygen atoms in total. The molecule has 3 atom stereocenters. The second-order valence-corrected chi connectivity index (χ2v) is 10.3. The molecule has 1 saturated carbocycles. The van der Waals surface area contributed by atoms with Gasteiger partial charge in [0.25, 0.3) is 5.91 Å². The number of ether oxygens (including phenoxy) is 1. The van der Waals surface area contributed by atoms with Crippen LogP contribution in [0.1, 0.15) is 56.4 Å². The molecule has 230 valence electrons. The third kappa shape index (κ3) is 5.41. The predicted molar refractivity (Wildman–Crippen MR) is 158 cm³/mol. The Labute approximate surface area is 248 Å². The molecule has 0 saturated heterocycles. The molecule has 12 heteroatoms. The Morgan fingerprint density at radius 1 is 1.09 bits per heavy atom. The van der Waals surface area contributed by atoms with Gasteiger partial charge in [-0.2, -0.15) is 0 Å². The van der Waals surface area contributed by atoms with E-state index in [0.717, 1.165) is 5.56 Å². The van der Waals surface area contributed by atoms with Crippen molar-refractivity contribution >= 4 is 35.0 Å². The van der Waals surface area contributed by atoms with Crippen LogP contribution in [0.5, 0.6) is 11.5 Å². The number of benzene rings is 2. The summed E-state index contributed by atoms with van der Waals surface area (Å²) in [4.78, 5) is 50.1. The summed E-state index contributed by atoms with van der Waals surface area (Å²) >= 11 is 0. The van der Waals surface area contributed by atoms with E-state index in [1.54, 1.807) is 24.3 Å². The molecule has 43 heavy (non-hydrogen) atoms. The van der Waals surface area contributed by atoms with Crippen molar-refractivity contribution in [1.29, 1.82) is 0 Å². The number of aryl methyl sites for hydroxylation is 1. The lowest BCUT2D eigenvalue weighted by Gasteiger charge is -2.46. The molecule has 1 fully saturated rings. The lowest BCUT2D eigenvalue weighted by molar-refractivity contribution is -0.147. The molecular weight excluding hydrogens is 558 g/mol. The molecule has 9 N–H and O–H groups in total. The minimum atomic E-state index is -2.66. The summed E-state index contributed by atoms with van der Waals surface area (Å²) in [7, 11) is 0. The first kappa shape index (κ1) is 32.7. The number of phenolic OH excluding ortho intramolecular Hbond substituents is 1. The van der Waals surface area contributed by atoms with Crippen molar-refractivity contribution in [3.63, 3.8) is 0 Å². The lowest BCUT2D eigenvalue weighted by atomic mass is 9.59. The molecule has 0 radical (unpaired) electrons. The van der Waals surface area contributed by atoms with Gasteiger partial charge in [-0.15, -0.1) is 0 Å². The average Bonchev–Trinajstić information content (AvgIpc) is 2.94. The van der Waals surface area contributed by atoms with Crippen molar-refractivity contribution in [3.05, 3.63) is 69.5 Å². The number of carbonyl (C=O) groups excluding carboxylic acids is 4. The van der Waals surface area contributed by atoms with Gasteiger partial charge in [-0.3, -0.25) is 14.4 Å². The van der Waals surface area contributed by atoms with Crippen LogP contribution in [0.15, 0.2) is 47.2 Å². The molecule has 0 aliphatic heterocycles. The van der Waals surface area contributed by atoms with Crippen LogP contribution in [0.2, 0.25) is 0 Å². The smallest absolute Gasteiger partial charge is 0.412 e. The number of primary amides is 1. The van der Waals surface area contributed by atoms with E-state index in [4.69, 9.17) is 16.2 Å². The fourth-order valence-electron chi connectivity index (χ4n) is 5.83. The lowest BCUT2D eigenvalue weighted by Crippen LogP contribution is -2.58. The highest BCUT2D eigenvalue weighted by Gasteiger charge is 2.60. The number of amides is 2. The van der Waals surface area contributed by atoms with Gasteiger partial charge in [0.2, 0.25) is 5.78 Å². The Bertz CT molecular complexity index is 1560. The molecule has 2 aromatic rings. The van der Waals surface area contributed by atoms with E-state index in [0.29, 0.717) is 11.3 Å². The van der Waals surface area contributed by atoms with E-state index in [9.17, 15) is 39.6 Å². The van der Waals surface area contributed by atoms with E-state index in [2.05, 4.69) is 5.32 Å².